The number of primary amides is 1. The maximum Gasteiger partial charge on any atom is 0.404 e. The Bertz CT molecular complexity index is 144. The molecule has 0 unspecified atom stereocenters. The number of hydrogen-bond acceptors (Lipinski definition) is 3. The quantitative estimate of drug-likeness (QED) is 0.611. The summed E-state index contributed by atoms with van der Waals surface area (Å²) in [5.41, 5.74) is 4.80. The van der Waals surface area contributed by atoms with Crippen molar-refractivity contribution in [3.05, 3.63) is 0 Å². The van der Waals surface area contributed by atoms with Crippen LogP contribution in [0.5, 0.6) is 0 Å². The van der Waals surface area contributed by atoms with E-state index in [2.05, 4.69) is 10.1 Å². The summed E-state index contributed by atoms with van der Waals surface area (Å²) in [7, 11) is 0. The number of carbonyl (C=O) groups excluding carboxylic acids is 1. The van der Waals surface area contributed by atoms with E-state index < -0.39 is 6.09 Å². The highest BCUT2D eigenvalue weighted by atomic mass is 16.5. The number of amides is 1. The summed E-state index contributed by atoms with van der Waals surface area (Å²) in [6.45, 7) is 1.10. The zero-order valence-electron chi connectivity index (χ0n) is 7.21. The predicted octanol–water partition coefficient (Wildman–Crippen LogP) is 0.614. The standard InChI is InChI=1S/C8H16N2O2/c9-8(11)12-6-5-10-7-3-1-2-4-7/h7,10H,1-6H2,(H2,9,11). The van der Waals surface area contributed by atoms with Crippen molar-refractivity contribution < 1.29 is 9.53 Å². The van der Waals surface area contributed by atoms with Crippen LogP contribution in [0.2, 0.25) is 0 Å². The molecule has 0 spiro atoms. The van der Waals surface area contributed by atoms with E-state index in [0.29, 0.717) is 19.2 Å². The molecule has 70 valence electrons. The third-order valence-corrected chi connectivity index (χ3v) is 2.13. The van der Waals surface area contributed by atoms with Gasteiger partial charge in [0.1, 0.15) is 6.61 Å². The fourth-order valence-corrected chi connectivity index (χ4v) is 1.54. The fraction of sp³-hybridized carbons (Fsp3) is 0.875. The maximum absolute atomic E-state index is 10.2. The Morgan fingerprint density at radius 2 is 2.17 bits per heavy atom. The third-order valence-electron chi connectivity index (χ3n) is 2.13. The molecule has 1 aliphatic carbocycles. The van der Waals surface area contributed by atoms with Crippen LogP contribution in [-0.2, 0) is 4.74 Å². The second kappa shape index (κ2) is 4.98. The van der Waals surface area contributed by atoms with Gasteiger partial charge in [0.15, 0.2) is 0 Å². The summed E-state index contributed by atoms with van der Waals surface area (Å²) >= 11 is 0. The first-order valence-corrected chi connectivity index (χ1v) is 4.44. The van der Waals surface area contributed by atoms with Gasteiger partial charge in [-0.1, -0.05) is 12.8 Å². The Labute approximate surface area is 72.5 Å². The van der Waals surface area contributed by atoms with Crippen molar-refractivity contribution in [3.63, 3.8) is 0 Å². The molecule has 1 aliphatic rings. The molecule has 1 rings (SSSR count). The van der Waals surface area contributed by atoms with Crippen molar-refractivity contribution in [2.75, 3.05) is 13.2 Å². The molecule has 0 bridgehead atoms. The molecular formula is C8H16N2O2. The van der Waals surface area contributed by atoms with Gasteiger partial charge in [-0.15, -0.1) is 0 Å². The Hall–Kier alpha value is -0.770. The molecule has 0 aromatic rings. The lowest BCUT2D eigenvalue weighted by molar-refractivity contribution is 0.156. The highest BCUT2D eigenvalue weighted by molar-refractivity contribution is 5.64. The highest BCUT2D eigenvalue weighted by Crippen LogP contribution is 2.16. The maximum atomic E-state index is 10.2. The third kappa shape index (κ3) is 3.57. The van der Waals surface area contributed by atoms with Crippen LogP contribution < -0.4 is 11.1 Å². The van der Waals surface area contributed by atoms with Crippen molar-refractivity contribution >= 4 is 6.09 Å². The van der Waals surface area contributed by atoms with Crippen LogP contribution in [0.25, 0.3) is 0 Å². The molecule has 12 heavy (non-hydrogen) atoms. The summed E-state index contributed by atoms with van der Waals surface area (Å²) in [4.78, 5) is 10.2. The summed E-state index contributed by atoms with van der Waals surface area (Å²) < 4.78 is 4.58. The van der Waals surface area contributed by atoms with Crippen LogP contribution in [0.4, 0.5) is 4.79 Å². The number of nitrogens with one attached hydrogen (secondary N) is 1. The van der Waals surface area contributed by atoms with E-state index in [0.717, 1.165) is 0 Å². The van der Waals surface area contributed by atoms with E-state index in [-0.39, 0.29) is 0 Å². The lowest BCUT2D eigenvalue weighted by Gasteiger charge is -2.10. The molecule has 0 atom stereocenters. The zero-order valence-corrected chi connectivity index (χ0v) is 7.21. The summed E-state index contributed by atoms with van der Waals surface area (Å²) in [5.74, 6) is 0. The van der Waals surface area contributed by atoms with Crippen LogP contribution >= 0.6 is 0 Å². The van der Waals surface area contributed by atoms with E-state index in [1.54, 1.807) is 0 Å². The largest absolute Gasteiger partial charge is 0.448 e. The van der Waals surface area contributed by atoms with E-state index >= 15 is 0 Å². The second-order valence-electron chi connectivity index (χ2n) is 3.10. The minimum Gasteiger partial charge on any atom is -0.448 e. The van der Waals surface area contributed by atoms with Crippen molar-refractivity contribution in [1.82, 2.24) is 5.32 Å². The Balaban J connectivity index is 1.91. The second-order valence-corrected chi connectivity index (χ2v) is 3.10. The number of carbonyl (C=O) groups is 1. The number of nitrogens with two attached hydrogens (primary N) is 1. The van der Waals surface area contributed by atoms with Gasteiger partial charge in [0.05, 0.1) is 0 Å². The molecular weight excluding hydrogens is 156 g/mol. The van der Waals surface area contributed by atoms with Gasteiger partial charge in [0, 0.05) is 12.6 Å². The molecule has 0 saturated heterocycles. The summed E-state index contributed by atoms with van der Waals surface area (Å²) in [6, 6.07) is 0.626. The zero-order chi connectivity index (χ0) is 8.81. The first-order valence-electron chi connectivity index (χ1n) is 4.44. The molecule has 0 radical (unpaired) electrons. The monoisotopic (exact) mass is 172 g/mol. The normalized spacial score (nSPS) is 18.0. The lowest BCUT2D eigenvalue weighted by Crippen LogP contribution is -2.30. The first-order chi connectivity index (χ1) is 5.79. The number of hydrogen-bond donors (Lipinski definition) is 2. The Kier molecular flexibility index (Phi) is 3.87. The average Bonchev–Trinajstić information content (AvgIpc) is 2.49. The molecule has 0 heterocycles. The number of rotatable bonds is 4. The molecule has 4 nitrogen and oxygen atoms in total. The van der Waals surface area contributed by atoms with E-state index in [1.807, 2.05) is 0 Å². The van der Waals surface area contributed by atoms with Crippen LogP contribution in [0, 0.1) is 0 Å². The van der Waals surface area contributed by atoms with E-state index in [1.165, 1.54) is 25.7 Å². The molecule has 0 aromatic carbocycles. The van der Waals surface area contributed by atoms with Crippen molar-refractivity contribution in [1.29, 1.82) is 0 Å². The predicted molar refractivity (Wildman–Crippen MR) is 45.8 cm³/mol. The van der Waals surface area contributed by atoms with Crippen molar-refractivity contribution in [3.8, 4) is 0 Å². The molecule has 1 fully saturated rings. The summed E-state index contributed by atoms with van der Waals surface area (Å²) in [6.07, 6.45) is 4.43. The van der Waals surface area contributed by atoms with Crippen molar-refractivity contribution in [2.24, 2.45) is 5.73 Å². The minimum absolute atomic E-state index is 0.381. The topological polar surface area (TPSA) is 64.4 Å². The Morgan fingerprint density at radius 1 is 1.50 bits per heavy atom. The van der Waals surface area contributed by atoms with Gasteiger partial charge in [-0.05, 0) is 12.8 Å². The van der Waals surface area contributed by atoms with Gasteiger partial charge >= 0.3 is 6.09 Å². The SMILES string of the molecule is NC(=O)OCCNC1CCCC1. The van der Waals surface area contributed by atoms with Gasteiger partial charge in [0.2, 0.25) is 0 Å². The van der Waals surface area contributed by atoms with Gasteiger partial charge in [0.25, 0.3) is 0 Å². The Morgan fingerprint density at radius 3 is 2.75 bits per heavy atom. The van der Waals surface area contributed by atoms with E-state index in [9.17, 15) is 4.79 Å². The summed E-state index contributed by atoms with van der Waals surface area (Å²) in [5, 5.41) is 3.30. The molecule has 1 amide bonds. The lowest BCUT2D eigenvalue weighted by atomic mass is 10.2. The highest BCUT2D eigenvalue weighted by Gasteiger charge is 2.13. The first kappa shape index (κ1) is 9.32. The van der Waals surface area contributed by atoms with Crippen LogP contribution in [0.15, 0.2) is 0 Å². The van der Waals surface area contributed by atoms with Crippen LogP contribution in [-0.4, -0.2) is 25.3 Å². The van der Waals surface area contributed by atoms with E-state index in [4.69, 9.17) is 5.73 Å². The molecule has 3 N–H and O–H groups in total. The molecule has 0 aromatic heterocycles. The fourth-order valence-electron chi connectivity index (χ4n) is 1.54. The van der Waals surface area contributed by atoms with Crippen molar-refractivity contribution in [2.45, 2.75) is 31.7 Å². The minimum atomic E-state index is -0.691. The van der Waals surface area contributed by atoms with Crippen LogP contribution in [0.3, 0.4) is 0 Å². The molecule has 4 heteroatoms. The molecule has 0 aliphatic heterocycles. The average molecular weight is 172 g/mol. The molecule has 1 saturated carbocycles. The van der Waals surface area contributed by atoms with Gasteiger partial charge in [-0.25, -0.2) is 4.79 Å². The van der Waals surface area contributed by atoms with Gasteiger partial charge in [-0.2, -0.15) is 0 Å². The van der Waals surface area contributed by atoms with Crippen LogP contribution in [0.1, 0.15) is 25.7 Å². The van der Waals surface area contributed by atoms with Gasteiger partial charge < -0.3 is 15.8 Å². The smallest absolute Gasteiger partial charge is 0.404 e. The number of ether oxygens (including phenoxy) is 1. The van der Waals surface area contributed by atoms with Gasteiger partial charge in [-0.3, -0.25) is 0 Å².